The van der Waals surface area contributed by atoms with Crippen LogP contribution in [-0.4, -0.2) is 40.0 Å². The largest absolute Gasteiger partial charge is 0.398 e. The SMILES string of the molecule is CN1CCC(CCNS(=O)(=O)c2cc(Cl)ccc2N)CC1. The zero-order chi connectivity index (χ0) is 15.5. The molecule has 0 spiro atoms. The molecule has 1 aliphatic heterocycles. The minimum atomic E-state index is -3.59. The van der Waals surface area contributed by atoms with Crippen LogP contribution in [0.5, 0.6) is 0 Å². The van der Waals surface area contributed by atoms with Crippen LogP contribution in [-0.2, 0) is 10.0 Å². The van der Waals surface area contributed by atoms with Crippen molar-refractivity contribution in [3.8, 4) is 0 Å². The number of piperidine rings is 1. The van der Waals surface area contributed by atoms with Gasteiger partial charge in [-0.1, -0.05) is 11.6 Å². The lowest BCUT2D eigenvalue weighted by atomic mass is 9.94. The summed E-state index contributed by atoms with van der Waals surface area (Å²) in [6.45, 7) is 2.60. The summed E-state index contributed by atoms with van der Waals surface area (Å²) >= 11 is 5.84. The number of nitrogens with one attached hydrogen (secondary N) is 1. The van der Waals surface area contributed by atoms with Crippen LogP contribution in [0.4, 0.5) is 5.69 Å². The first-order chi connectivity index (χ1) is 9.88. The van der Waals surface area contributed by atoms with E-state index in [4.69, 9.17) is 17.3 Å². The normalized spacial score (nSPS) is 18.0. The number of likely N-dealkylation sites (tertiary alicyclic amines) is 1. The highest BCUT2D eigenvalue weighted by Gasteiger charge is 2.20. The van der Waals surface area contributed by atoms with Gasteiger partial charge in [-0.15, -0.1) is 0 Å². The first-order valence-corrected chi connectivity index (χ1v) is 8.98. The van der Waals surface area contributed by atoms with Crippen molar-refractivity contribution in [2.24, 2.45) is 5.92 Å². The highest BCUT2D eigenvalue weighted by Crippen LogP contribution is 2.23. The summed E-state index contributed by atoms with van der Waals surface area (Å²) in [4.78, 5) is 2.35. The molecule has 0 atom stereocenters. The minimum absolute atomic E-state index is 0.0541. The summed E-state index contributed by atoms with van der Waals surface area (Å²) in [5.41, 5.74) is 5.94. The summed E-state index contributed by atoms with van der Waals surface area (Å²) in [6, 6.07) is 4.47. The molecule has 7 heteroatoms. The molecule has 118 valence electrons. The van der Waals surface area contributed by atoms with Crippen molar-refractivity contribution in [1.29, 1.82) is 0 Å². The summed E-state index contributed by atoms with van der Waals surface area (Å²) < 4.78 is 27.1. The molecule has 0 aliphatic carbocycles. The van der Waals surface area contributed by atoms with Crippen molar-refractivity contribution < 1.29 is 8.42 Å². The molecule has 1 heterocycles. The number of nitrogens with zero attached hydrogens (tertiary/aromatic N) is 1. The van der Waals surface area contributed by atoms with Crippen molar-refractivity contribution in [3.63, 3.8) is 0 Å². The van der Waals surface area contributed by atoms with Gasteiger partial charge >= 0.3 is 0 Å². The van der Waals surface area contributed by atoms with E-state index in [1.54, 1.807) is 6.07 Å². The molecule has 1 saturated heterocycles. The Labute approximate surface area is 131 Å². The van der Waals surface area contributed by atoms with E-state index >= 15 is 0 Å². The van der Waals surface area contributed by atoms with Gasteiger partial charge < -0.3 is 10.6 Å². The molecule has 1 aromatic carbocycles. The number of anilines is 1. The summed E-state index contributed by atoms with van der Waals surface area (Å²) in [5.74, 6) is 0.584. The lowest BCUT2D eigenvalue weighted by Crippen LogP contribution is -2.32. The molecule has 0 amide bonds. The topological polar surface area (TPSA) is 75.4 Å². The Balaban J connectivity index is 1.91. The maximum Gasteiger partial charge on any atom is 0.242 e. The molecule has 21 heavy (non-hydrogen) atoms. The second kappa shape index (κ2) is 6.96. The van der Waals surface area contributed by atoms with Crippen molar-refractivity contribution in [3.05, 3.63) is 23.2 Å². The zero-order valence-corrected chi connectivity index (χ0v) is 13.8. The molecular weight excluding hydrogens is 310 g/mol. The maximum absolute atomic E-state index is 12.2. The maximum atomic E-state index is 12.2. The van der Waals surface area contributed by atoms with Gasteiger partial charge in [0.05, 0.1) is 5.69 Å². The van der Waals surface area contributed by atoms with Crippen LogP contribution in [0.15, 0.2) is 23.1 Å². The molecule has 0 radical (unpaired) electrons. The Kier molecular flexibility index (Phi) is 5.48. The molecule has 2 rings (SSSR count). The Morgan fingerprint density at radius 2 is 2.05 bits per heavy atom. The average molecular weight is 332 g/mol. The number of halogens is 1. The second-order valence-electron chi connectivity index (χ2n) is 5.62. The molecule has 1 aliphatic rings. The highest BCUT2D eigenvalue weighted by molar-refractivity contribution is 7.89. The molecule has 1 aromatic rings. The smallest absolute Gasteiger partial charge is 0.242 e. The van der Waals surface area contributed by atoms with Gasteiger partial charge in [0.1, 0.15) is 4.90 Å². The molecule has 0 bridgehead atoms. The Hall–Kier alpha value is -0.820. The van der Waals surface area contributed by atoms with Gasteiger partial charge in [0.2, 0.25) is 10.0 Å². The van der Waals surface area contributed by atoms with Crippen LogP contribution >= 0.6 is 11.6 Å². The van der Waals surface area contributed by atoms with E-state index < -0.39 is 10.0 Å². The van der Waals surface area contributed by atoms with Crippen LogP contribution < -0.4 is 10.5 Å². The number of hydrogen-bond acceptors (Lipinski definition) is 4. The number of hydrogen-bond donors (Lipinski definition) is 2. The Bertz CT molecular complexity index is 584. The minimum Gasteiger partial charge on any atom is -0.398 e. The van der Waals surface area contributed by atoms with Gasteiger partial charge in [-0.25, -0.2) is 13.1 Å². The molecule has 0 unspecified atom stereocenters. The third kappa shape index (κ3) is 4.57. The Morgan fingerprint density at radius 1 is 1.38 bits per heavy atom. The van der Waals surface area contributed by atoms with Crippen LogP contribution in [0.2, 0.25) is 5.02 Å². The monoisotopic (exact) mass is 331 g/mol. The van der Waals surface area contributed by atoms with E-state index in [1.165, 1.54) is 12.1 Å². The number of nitrogens with two attached hydrogens (primary N) is 1. The third-order valence-electron chi connectivity index (χ3n) is 3.95. The van der Waals surface area contributed by atoms with Crippen molar-refractivity contribution in [2.75, 3.05) is 32.4 Å². The summed E-state index contributed by atoms with van der Waals surface area (Å²) in [5, 5.41) is 0.361. The first-order valence-electron chi connectivity index (χ1n) is 7.12. The molecule has 1 fully saturated rings. The third-order valence-corrected chi connectivity index (χ3v) is 5.70. The first kappa shape index (κ1) is 16.5. The molecule has 0 saturated carbocycles. The van der Waals surface area contributed by atoms with E-state index in [0.29, 0.717) is 17.5 Å². The molecule has 3 N–H and O–H groups in total. The van der Waals surface area contributed by atoms with Crippen molar-refractivity contribution in [2.45, 2.75) is 24.2 Å². The molecular formula is C14H22ClN3O2S. The zero-order valence-electron chi connectivity index (χ0n) is 12.2. The second-order valence-corrected chi connectivity index (χ2v) is 7.79. The van der Waals surface area contributed by atoms with Gasteiger partial charge in [-0.05, 0) is 63.5 Å². The fraction of sp³-hybridized carbons (Fsp3) is 0.571. The molecule has 0 aromatic heterocycles. The van der Waals surface area contributed by atoms with Crippen LogP contribution in [0.25, 0.3) is 0 Å². The lowest BCUT2D eigenvalue weighted by Gasteiger charge is -2.28. The summed E-state index contributed by atoms with van der Waals surface area (Å²) in [7, 11) is -1.48. The van der Waals surface area contributed by atoms with E-state index in [9.17, 15) is 8.42 Å². The van der Waals surface area contributed by atoms with Gasteiger partial charge in [-0.2, -0.15) is 0 Å². The predicted molar refractivity (Wildman–Crippen MR) is 85.9 cm³/mol. The van der Waals surface area contributed by atoms with Crippen LogP contribution in [0.3, 0.4) is 0 Å². The van der Waals surface area contributed by atoms with Gasteiger partial charge in [0, 0.05) is 11.6 Å². The lowest BCUT2D eigenvalue weighted by molar-refractivity contribution is 0.213. The Morgan fingerprint density at radius 3 is 2.71 bits per heavy atom. The van der Waals surface area contributed by atoms with Gasteiger partial charge in [0.25, 0.3) is 0 Å². The summed E-state index contributed by atoms with van der Waals surface area (Å²) in [6.07, 6.45) is 3.10. The standard InChI is InChI=1S/C14H22ClN3O2S/c1-18-8-5-11(6-9-18)4-7-17-21(19,20)14-10-12(15)2-3-13(14)16/h2-3,10-11,17H,4-9,16H2,1H3. The van der Waals surface area contributed by atoms with Crippen LogP contribution in [0.1, 0.15) is 19.3 Å². The predicted octanol–water partition coefficient (Wildman–Crippen LogP) is 1.93. The van der Waals surface area contributed by atoms with E-state index in [1.807, 2.05) is 0 Å². The number of rotatable bonds is 5. The fourth-order valence-corrected chi connectivity index (χ4v) is 4.01. The number of nitrogen functional groups attached to an aromatic ring is 1. The van der Waals surface area contributed by atoms with Crippen LogP contribution in [0, 0.1) is 5.92 Å². The molecule has 5 nitrogen and oxygen atoms in total. The number of sulfonamides is 1. The average Bonchev–Trinajstić information content (AvgIpc) is 2.43. The van der Waals surface area contributed by atoms with E-state index in [0.717, 1.165) is 32.4 Å². The number of benzene rings is 1. The van der Waals surface area contributed by atoms with Gasteiger partial charge in [0.15, 0.2) is 0 Å². The highest BCUT2D eigenvalue weighted by atomic mass is 35.5. The van der Waals surface area contributed by atoms with Crippen molar-refractivity contribution >= 4 is 27.3 Å². The van der Waals surface area contributed by atoms with E-state index in [2.05, 4.69) is 16.7 Å². The van der Waals surface area contributed by atoms with Gasteiger partial charge in [-0.3, -0.25) is 0 Å². The fourth-order valence-electron chi connectivity index (χ4n) is 2.57. The van der Waals surface area contributed by atoms with E-state index in [-0.39, 0.29) is 10.6 Å². The quantitative estimate of drug-likeness (QED) is 0.808. The van der Waals surface area contributed by atoms with Crippen molar-refractivity contribution in [1.82, 2.24) is 9.62 Å².